The second-order valence-corrected chi connectivity index (χ2v) is 5.63. The lowest BCUT2D eigenvalue weighted by molar-refractivity contribution is 0.0632. The number of thiazole rings is 1. The van der Waals surface area contributed by atoms with Gasteiger partial charge >= 0.3 is 0 Å². The molecule has 3 nitrogen and oxygen atoms in total. The molecular weight excluding hydrogens is 220 g/mol. The van der Waals surface area contributed by atoms with Gasteiger partial charge in [-0.05, 0) is 33.1 Å². The summed E-state index contributed by atoms with van der Waals surface area (Å²) >= 11 is 1.75. The van der Waals surface area contributed by atoms with Gasteiger partial charge in [0.15, 0.2) is 0 Å². The van der Waals surface area contributed by atoms with E-state index >= 15 is 0 Å². The summed E-state index contributed by atoms with van der Waals surface area (Å²) in [6.45, 7) is 5.82. The van der Waals surface area contributed by atoms with Gasteiger partial charge in [-0.15, -0.1) is 11.3 Å². The van der Waals surface area contributed by atoms with Crippen molar-refractivity contribution in [3.05, 3.63) is 16.1 Å². The van der Waals surface area contributed by atoms with Crippen LogP contribution < -0.4 is 5.73 Å². The lowest BCUT2D eigenvalue weighted by Crippen LogP contribution is -2.37. The van der Waals surface area contributed by atoms with Gasteiger partial charge < -0.3 is 10.5 Å². The van der Waals surface area contributed by atoms with Crippen LogP contribution in [0, 0.1) is 12.3 Å². The molecule has 1 aromatic rings. The first kappa shape index (κ1) is 12.0. The molecule has 1 aliphatic rings. The summed E-state index contributed by atoms with van der Waals surface area (Å²) in [5, 5.41) is 0. The summed E-state index contributed by atoms with van der Waals surface area (Å²) in [4.78, 5) is 5.68. The van der Waals surface area contributed by atoms with Gasteiger partial charge in [0.1, 0.15) is 0 Å². The molecule has 0 saturated carbocycles. The van der Waals surface area contributed by atoms with E-state index in [0.29, 0.717) is 6.10 Å². The Bertz CT molecular complexity index is 353. The number of ether oxygens (including phenoxy) is 1. The largest absolute Gasteiger partial charge is 0.378 e. The summed E-state index contributed by atoms with van der Waals surface area (Å²) in [5.74, 6) is 0. The van der Waals surface area contributed by atoms with Crippen molar-refractivity contribution in [2.75, 3.05) is 13.2 Å². The minimum absolute atomic E-state index is 0.191. The van der Waals surface area contributed by atoms with Crippen LogP contribution in [0.1, 0.15) is 30.3 Å². The Morgan fingerprint density at radius 3 is 3.00 bits per heavy atom. The maximum Gasteiger partial charge on any atom is 0.0797 e. The van der Waals surface area contributed by atoms with E-state index in [1.54, 1.807) is 11.3 Å². The molecule has 1 aromatic heterocycles. The van der Waals surface area contributed by atoms with Gasteiger partial charge in [-0.25, -0.2) is 4.98 Å². The maximum atomic E-state index is 5.94. The van der Waals surface area contributed by atoms with Gasteiger partial charge in [0, 0.05) is 23.4 Å². The molecule has 2 unspecified atom stereocenters. The SMILES string of the molecule is Cc1ncsc1CCC1(CN)CCOC1C. The zero-order valence-corrected chi connectivity index (χ0v) is 10.8. The predicted molar refractivity (Wildman–Crippen MR) is 66.7 cm³/mol. The van der Waals surface area contributed by atoms with Crippen LogP contribution in [0.25, 0.3) is 0 Å². The first-order chi connectivity index (χ1) is 7.68. The highest BCUT2D eigenvalue weighted by atomic mass is 32.1. The third kappa shape index (κ3) is 2.14. The first-order valence-corrected chi connectivity index (χ1v) is 6.76. The first-order valence-electron chi connectivity index (χ1n) is 5.88. The van der Waals surface area contributed by atoms with Crippen molar-refractivity contribution >= 4 is 11.3 Å². The topological polar surface area (TPSA) is 48.1 Å². The second kappa shape index (κ2) is 4.82. The van der Waals surface area contributed by atoms with Crippen LogP contribution in [0.4, 0.5) is 0 Å². The molecule has 2 N–H and O–H groups in total. The second-order valence-electron chi connectivity index (χ2n) is 4.69. The summed E-state index contributed by atoms with van der Waals surface area (Å²) in [6.07, 6.45) is 3.60. The molecule has 1 fully saturated rings. The molecule has 90 valence electrons. The van der Waals surface area contributed by atoms with Gasteiger partial charge in [0.05, 0.1) is 17.3 Å². The zero-order chi connectivity index (χ0) is 11.6. The molecule has 0 amide bonds. The minimum Gasteiger partial charge on any atom is -0.378 e. The van der Waals surface area contributed by atoms with Crippen LogP contribution in [0.5, 0.6) is 0 Å². The average molecular weight is 240 g/mol. The summed E-state index contributed by atoms with van der Waals surface area (Å²) in [5.41, 5.74) is 9.23. The van der Waals surface area contributed by atoms with E-state index in [2.05, 4.69) is 18.8 Å². The highest BCUT2D eigenvalue weighted by molar-refractivity contribution is 7.09. The molecule has 0 aromatic carbocycles. The Balaban J connectivity index is 2.00. The molecular formula is C12H20N2OS. The van der Waals surface area contributed by atoms with Crippen LogP contribution in [0.3, 0.4) is 0 Å². The molecule has 0 radical (unpaired) electrons. The van der Waals surface area contributed by atoms with Crippen molar-refractivity contribution in [2.24, 2.45) is 11.1 Å². The maximum absolute atomic E-state index is 5.94. The number of nitrogens with two attached hydrogens (primary N) is 1. The average Bonchev–Trinajstić information content (AvgIpc) is 2.84. The van der Waals surface area contributed by atoms with Crippen LogP contribution >= 0.6 is 11.3 Å². The predicted octanol–water partition coefficient (Wildman–Crippen LogP) is 2.14. The zero-order valence-electron chi connectivity index (χ0n) is 10.0. The summed E-state index contributed by atoms with van der Waals surface area (Å²) < 4.78 is 5.67. The Kier molecular flexibility index (Phi) is 3.62. The Morgan fingerprint density at radius 1 is 1.69 bits per heavy atom. The minimum atomic E-state index is 0.191. The van der Waals surface area contributed by atoms with E-state index in [-0.39, 0.29) is 5.41 Å². The van der Waals surface area contributed by atoms with Gasteiger partial charge in [-0.1, -0.05) is 0 Å². The summed E-state index contributed by atoms with van der Waals surface area (Å²) in [7, 11) is 0. The quantitative estimate of drug-likeness (QED) is 0.877. The van der Waals surface area contributed by atoms with Crippen LogP contribution in [-0.2, 0) is 11.2 Å². The summed E-state index contributed by atoms with van der Waals surface area (Å²) in [6, 6.07) is 0. The van der Waals surface area contributed by atoms with Crippen LogP contribution in [0.2, 0.25) is 0 Å². The molecule has 0 bridgehead atoms. The van der Waals surface area contributed by atoms with E-state index in [1.807, 2.05) is 5.51 Å². The molecule has 0 aliphatic carbocycles. The number of nitrogens with zero attached hydrogens (tertiary/aromatic N) is 1. The van der Waals surface area contributed by atoms with E-state index in [1.165, 1.54) is 10.6 Å². The van der Waals surface area contributed by atoms with Gasteiger partial charge in [-0.2, -0.15) is 0 Å². The van der Waals surface area contributed by atoms with Crippen molar-refractivity contribution in [3.63, 3.8) is 0 Å². The fraction of sp³-hybridized carbons (Fsp3) is 0.750. The van der Waals surface area contributed by atoms with E-state index in [4.69, 9.17) is 10.5 Å². The molecule has 2 atom stereocenters. The van der Waals surface area contributed by atoms with Gasteiger partial charge in [0.25, 0.3) is 0 Å². The Hall–Kier alpha value is -0.450. The number of hydrogen-bond donors (Lipinski definition) is 1. The van der Waals surface area contributed by atoms with Crippen LogP contribution in [-0.4, -0.2) is 24.2 Å². The highest BCUT2D eigenvalue weighted by Gasteiger charge is 2.39. The molecule has 0 spiro atoms. The number of rotatable bonds is 4. The third-order valence-electron chi connectivity index (χ3n) is 3.93. The fourth-order valence-corrected chi connectivity index (χ4v) is 3.23. The highest BCUT2D eigenvalue weighted by Crippen LogP contribution is 2.38. The van der Waals surface area contributed by atoms with E-state index < -0.39 is 0 Å². The van der Waals surface area contributed by atoms with E-state index in [0.717, 1.165) is 32.4 Å². The van der Waals surface area contributed by atoms with Crippen molar-refractivity contribution in [3.8, 4) is 0 Å². The smallest absolute Gasteiger partial charge is 0.0797 e. The van der Waals surface area contributed by atoms with E-state index in [9.17, 15) is 0 Å². The Labute approximate surface area is 101 Å². The molecule has 1 saturated heterocycles. The Morgan fingerprint density at radius 2 is 2.50 bits per heavy atom. The molecule has 2 rings (SSSR count). The molecule has 16 heavy (non-hydrogen) atoms. The molecule has 2 heterocycles. The lowest BCUT2D eigenvalue weighted by atomic mass is 9.77. The van der Waals surface area contributed by atoms with Crippen molar-refractivity contribution in [1.29, 1.82) is 0 Å². The third-order valence-corrected chi connectivity index (χ3v) is 4.93. The standard InChI is InChI=1S/C12H20N2OS/c1-9-11(16-8-14-9)3-4-12(7-13)5-6-15-10(12)2/h8,10H,3-7,13H2,1-2H3. The molecule has 1 aliphatic heterocycles. The van der Waals surface area contributed by atoms with Crippen molar-refractivity contribution < 1.29 is 4.74 Å². The van der Waals surface area contributed by atoms with Crippen LogP contribution in [0.15, 0.2) is 5.51 Å². The number of aryl methyl sites for hydroxylation is 2. The van der Waals surface area contributed by atoms with Crippen molar-refractivity contribution in [2.45, 2.75) is 39.2 Å². The van der Waals surface area contributed by atoms with Crippen molar-refractivity contribution in [1.82, 2.24) is 4.98 Å². The van der Waals surface area contributed by atoms with Gasteiger partial charge in [-0.3, -0.25) is 0 Å². The number of aromatic nitrogens is 1. The fourth-order valence-electron chi connectivity index (χ4n) is 2.45. The lowest BCUT2D eigenvalue weighted by Gasteiger charge is -2.30. The monoisotopic (exact) mass is 240 g/mol. The molecule has 4 heteroatoms. The normalized spacial score (nSPS) is 29.8. The number of hydrogen-bond acceptors (Lipinski definition) is 4. The van der Waals surface area contributed by atoms with Gasteiger partial charge in [0.2, 0.25) is 0 Å².